The van der Waals surface area contributed by atoms with Crippen molar-refractivity contribution in [1.82, 2.24) is 14.8 Å². The summed E-state index contributed by atoms with van der Waals surface area (Å²) in [5.41, 5.74) is 0. The first kappa shape index (κ1) is 13.6. The van der Waals surface area contributed by atoms with Gasteiger partial charge in [-0.05, 0) is 26.2 Å². The Morgan fingerprint density at radius 2 is 1.94 bits per heavy atom. The zero-order chi connectivity index (χ0) is 13.2. The Labute approximate surface area is 100 Å². The molecule has 0 spiro atoms. The number of carbonyl (C=O) groups is 1. The molecule has 0 saturated heterocycles. The van der Waals surface area contributed by atoms with Crippen molar-refractivity contribution in [2.75, 3.05) is 0 Å². The van der Waals surface area contributed by atoms with E-state index in [-0.39, 0.29) is 5.92 Å². The van der Waals surface area contributed by atoms with Crippen LogP contribution in [0.3, 0.4) is 0 Å². The lowest BCUT2D eigenvalue weighted by molar-refractivity contribution is -0.141. The molecule has 2 unspecified atom stereocenters. The van der Waals surface area contributed by atoms with Crippen LogP contribution in [0.1, 0.15) is 51.0 Å². The van der Waals surface area contributed by atoms with E-state index in [4.69, 9.17) is 0 Å². The van der Waals surface area contributed by atoms with Gasteiger partial charge in [-0.15, -0.1) is 10.2 Å². The zero-order valence-electron chi connectivity index (χ0n) is 10.6. The molecule has 0 aromatic carbocycles. The molecule has 2 atom stereocenters. The second-order valence-electron chi connectivity index (χ2n) is 4.63. The summed E-state index contributed by atoms with van der Waals surface area (Å²) in [6, 6.07) is -0.727. The van der Waals surface area contributed by atoms with Gasteiger partial charge in [0, 0.05) is 0 Å². The summed E-state index contributed by atoms with van der Waals surface area (Å²) >= 11 is 0. The van der Waals surface area contributed by atoms with Gasteiger partial charge in [0.1, 0.15) is 18.0 Å². The zero-order valence-corrected chi connectivity index (χ0v) is 10.6. The maximum Gasteiger partial charge on any atom is 0.326 e. The summed E-state index contributed by atoms with van der Waals surface area (Å²) in [6.45, 7) is 7.15. The van der Waals surface area contributed by atoms with Gasteiger partial charge in [-0.2, -0.15) is 0 Å². The van der Waals surface area contributed by atoms with Crippen LogP contribution >= 0.6 is 0 Å². The molecule has 0 amide bonds. The van der Waals surface area contributed by atoms with Crippen LogP contribution in [-0.4, -0.2) is 30.9 Å². The fourth-order valence-electron chi connectivity index (χ4n) is 1.82. The molecule has 2 N–H and O–H groups in total. The second kappa shape index (κ2) is 5.27. The Morgan fingerprint density at radius 1 is 1.35 bits per heavy atom. The van der Waals surface area contributed by atoms with E-state index in [1.807, 2.05) is 13.8 Å². The maximum absolute atomic E-state index is 11.3. The first-order chi connectivity index (χ1) is 7.84. The fourth-order valence-corrected chi connectivity index (χ4v) is 1.82. The average Bonchev–Trinajstić information content (AvgIpc) is 2.56. The van der Waals surface area contributed by atoms with Gasteiger partial charge in [0.15, 0.2) is 5.82 Å². The largest absolute Gasteiger partial charge is 0.480 e. The fraction of sp³-hybridized carbons (Fsp3) is 0.727. The molecular formula is C11H19N3O3. The minimum Gasteiger partial charge on any atom is -0.480 e. The summed E-state index contributed by atoms with van der Waals surface area (Å²) in [6.07, 6.45) is -0.348. The van der Waals surface area contributed by atoms with Crippen molar-refractivity contribution < 1.29 is 15.0 Å². The van der Waals surface area contributed by atoms with Crippen LogP contribution in [0.4, 0.5) is 0 Å². The van der Waals surface area contributed by atoms with Crippen LogP contribution in [0.2, 0.25) is 0 Å². The lowest BCUT2D eigenvalue weighted by atomic mass is 10.0. The Balaban J connectivity index is 3.17. The summed E-state index contributed by atoms with van der Waals surface area (Å²) in [5.74, 6) is 0.118. The molecule has 1 heterocycles. The second-order valence-corrected chi connectivity index (χ2v) is 4.63. The van der Waals surface area contributed by atoms with E-state index < -0.39 is 18.1 Å². The minimum absolute atomic E-state index is 0.236. The normalized spacial score (nSPS) is 14.9. The van der Waals surface area contributed by atoms with E-state index in [0.717, 1.165) is 0 Å². The van der Waals surface area contributed by atoms with E-state index in [0.29, 0.717) is 18.1 Å². The van der Waals surface area contributed by atoms with E-state index in [1.54, 1.807) is 13.8 Å². The number of aliphatic carboxylic acids is 1. The van der Waals surface area contributed by atoms with E-state index >= 15 is 0 Å². The van der Waals surface area contributed by atoms with Crippen LogP contribution in [0.5, 0.6) is 0 Å². The number of carboxylic acids is 1. The van der Waals surface area contributed by atoms with Crippen LogP contribution in [0, 0.1) is 12.8 Å². The molecule has 0 aliphatic heterocycles. The Kier molecular flexibility index (Phi) is 4.22. The van der Waals surface area contributed by atoms with Crippen molar-refractivity contribution >= 4 is 5.97 Å². The quantitative estimate of drug-likeness (QED) is 0.811. The van der Waals surface area contributed by atoms with Crippen LogP contribution in [0.25, 0.3) is 0 Å². The molecule has 1 rings (SSSR count). The van der Waals surface area contributed by atoms with Crippen molar-refractivity contribution in [1.29, 1.82) is 0 Å². The summed E-state index contributed by atoms with van der Waals surface area (Å²) in [5, 5.41) is 26.5. The van der Waals surface area contributed by atoms with Gasteiger partial charge in [-0.1, -0.05) is 13.8 Å². The molecule has 17 heavy (non-hydrogen) atoms. The Bertz CT molecular complexity index is 399. The Hall–Kier alpha value is -1.43. The number of aliphatic hydroxyl groups is 1. The van der Waals surface area contributed by atoms with Gasteiger partial charge >= 0.3 is 5.97 Å². The van der Waals surface area contributed by atoms with E-state index in [1.165, 1.54) is 4.57 Å². The number of carboxylic acid groups (broad SMARTS) is 1. The predicted molar refractivity (Wildman–Crippen MR) is 61.5 cm³/mol. The number of rotatable bonds is 5. The highest BCUT2D eigenvalue weighted by atomic mass is 16.4. The number of aliphatic hydroxyl groups excluding tert-OH is 1. The van der Waals surface area contributed by atoms with Crippen molar-refractivity contribution in [3.63, 3.8) is 0 Å². The predicted octanol–water partition coefficient (Wildman–Crippen LogP) is 1.31. The third-order valence-corrected chi connectivity index (χ3v) is 2.56. The molecule has 0 saturated carbocycles. The molecule has 0 aliphatic carbocycles. The van der Waals surface area contributed by atoms with Crippen LogP contribution in [-0.2, 0) is 4.79 Å². The van der Waals surface area contributed by atoms with Gasteiger partial charge in [-0.25, -0.2) is 4.79 Å². The van der Waals surface area contributed by atoms with Crippen molar-refractivity contribution in [3.05, 3.63) is 11.6 Å². The Morgan fingerprint density at radius 3 is 2.35 bits per heavy atom. The third-order valence-electron chi connectivity index (χ3n) is 2.56. The standard InChI is InChI=1S/C11H19N3O3/c1-6(2)5-9(11(16)17)14-8(4)12-13-10(14)7(3)15/h6-7,9,15H,5H2,1-4H3,(H,16,17). The van der Waals surface area contributed by atoms with E-state index in [9.17, 15) is 15.0 Å². The van der Waals surface area contributed by atoms with Crippen molar-refractivity contribution in [2.24, 2.45) is 5.92 Å². The summed E-state index contributed by atoms with van der Waals surface area (Å²) in [7, 11) is 0. The number of hydrogen-bond acceptors (Lipinski definition) is 4. The van der Waals surface area contributed by atoms with Crippen molar-refractivity contribution in [3.8, 4) is 0 Å². The van der Waals surface area contributed by atoms with Crippen molar-refractivity contribution in [2.45, 2.75) is 46.3 Å². The molecule has 6 nitrogen and oxygen atoms in total. The first-order valence-corrected chi connectivity index (χ1v) is 5.66. The maximum atomic E-state index is 11.3. The van der Waals surface area contributed by atoms with Gasteiger partial charge in [0.2, 0.25) is 0 Å². The molecule has 1 aromatic heterocycles. The molecule has 0 fully saturated rings. The molecule has 1 aromatic rings. The summed E-state index contributed by atoms with van der Waals surface area (Å²) in [4.78, 5) is 11.3. The average molecular weight is 241 g/mol. The molecule has 0 bridgehead atoms. The highest BCUT2D eigenvalue weighted by Gasteiger charge is 2.27. The molecule has 6 heteroatoms. The number of hydrogen-bond donors (Lipinski definition) is 2. The van der Waals surface area contributed by atoms with Crippen LogP contribution < -0.4 is 0 Å². The van der Waals surface area contributed by atoms with E-state index in [2.05, 4.69) is 10.2 Å². The van der Waals surface area contributed by atoms with Crippen LogP contribution in [0.15, 0.2) is 0 Å². The highest BCUT2D eigenvalue weighted by Crippen LogP contribution is 2.23. The van der Waals surface area contributed by atoms with Gasteiger partial charge in [0.25, 0.3) is 0 Å². The molecule has 0 radical (unpaired) electrons. The highest BCUT2D eigenvalue weighted by molar-refractivity contribution is 5.72. The lowest BCUT2D eigenvalue weighted by Gasteiger charge is -2.20. The minimum atomic E-state index is -0.927. The smallest absolute Gasteiger partial charge is 0.326 e. The van der Waals surface area contributed by atoms with Gasteiger partial charge in [-0.3, -0.25) is 4.57 Å². The first-order valence-electron chi connectivity index (χ1n) is 5.66. The topological polar surface area (TPSA) is 88.2 Å². The lowest BCUT2D eigenvalue weighted by Crippen LogP contribution is -2.24. The molecule has 0 aliphatic rings. The van der Waals surface area contributed by atoms with Gasteiger partial charge in [0.05, 0.1) is 0 Å². The van der Waals surface area contributed by atoms with Gasteiger partial charge < -0.3 is 10.2 Å². The number of aromatic nitrogens is 3. The third kappa shape index (κ3) is 3.03. The summed E-state index contributed by atoms with van der Waals surface area (Å²) < 4.78 is 1.51. The SMILES string of the molecule is Cc1nnc(C(C)O)n1C(CC(C)C)C(=O)O. The number of aryl methyl sites for hydroxylation is 1. The molecular weight excluding hydrogens is 222 g/mol. The monoisotopic (exact) mass is 241 g/mol. The molecule has 96 valence electrons. The number of nitrogens with zero attached hydrogens (tertiary/aromatic N) is 3.